The Balaban J connectivity index is 1.83. The third-order valence-corrected chi connectivity index (χ3v) is 7.24. The Morgan fingerprint density at radius 1 is 1.24 bits per heavy atom. The molecule has 0 aromatic carbocycles. The van der Waals surface area contributed by atoms with Crippen LogP contribution in [0.2, 0.25) is 0 Å². The van der Waals surface area contributed by atoms with E-state index < -0.39 is 0 Å². The highest BCUT2D eigenvalue weighted by Gasteiger charge is 2.52. The summed E-state index contributed by atoms with van der Waals surface area (Å²) in [5.41, 5.74) is 5.44. The first kappa shape index (κ1) is 13.7. The molecule has 0 heterocycles. The van der Waals surface area contributed by atoms with E-state index in [1.807, 2.05) is 0 Å². The molecule has 1 heteroatoms. The predicted molar refractivity (Wildman–Crippen MR) is 87.0 cm³/mol. The zero-order valence-electron chi connectivity index (χ0n) is 13.7. The zero-order chi connectivity index (χ0) is 14.8. The van der Waals surface area contributed by atoms with E-state index in [2.05, 4.69) is 32.9 Å². The summed E-state index contributed by atoms with van der Waals surface area (Å²) in [5, 5.41) is 9.98. The number of rotatable bonds is 0. The second-order valence-electron chi connectivity index (χ2n) is 8.49. The van der Waals surface area contributed by atoms with Gasteiger partial charge in [-0.3, -0.25) is 0 Å². The van der Waals surface area contributed by atoms with E-state index in [-0.39, 0.29) is 5.41 Å². The first-order valence-electron chi connectivity index (χ1n) is 8.74. The van der Waals surface area contributed by atoms with Crippen molar-refractivity contribution in [2.75, 3.05) is 0 Å². The van der Waals surface area contributed by atoms with Crippen molar-refractivity contribution in [2.45, 2.75) is 65.7 Å². The second-order valence-corrected chi connectivity index (χ2v) is 8.49. The maximum absolute atomic E-state index is 9.98. The van der Waals surface area contributed by atoms with Crippen molar-refractivity contribution in [3.8, 4) is 0 Å². The van der Waals surface area contributed by atoms with Crippen molar-refractivity contribution in [3.63, 3.8) is 0 Å². The Bertz CT molecular complexity index is 579. The predicted octanol–water partition coefficient (Wildman–Crippen LogP) is 5.70. The van der Waals surface area contributed by atoms with E-state index in [4.69, 9.17) is 0 Å². The van der Waals surface area contributed by atoms with E-state index in [0.29, 0.717) is 11.2 Å². The number of aliphatic hydroxyl groups is 1. The fraction of sp³-hybridized carbons (Fsp3) is 0.700. The molecule has 0 aliphatic heterocycles. The van der Waals surface area contributed by atoms with Crippen LogP contribution in [0.5, 0.6) is 0 Å². The summed E-state index contributed by atoms with van der Waals surface area (Å²) in [7, 11) is 0. The largest absolute Gasteiger partial charge is 0.512 e. The molecule has 4 rings (SSSR count). The normalized spacial score (nSPS) is 45.5. The minimum atomic E-state index is 0.198. The van der Waals surface area contributed by atoms with Crippen molar-refractivity contribution in [1.82, 2.24) is 0 Å². The average Bonchev–Trinajstić information content (AvgIpc) is 2.83. The molecule has 1 saturated carbocycles. The molecule has 1 fully saturated rings. The molecular formula is C20H28O. The summed E-state index contributed by atoms with van der Waals surface area (Å²) in [4.78, 5) is 0. The van der Waals surface area contributed by atoms with Crippen LogP contribution in [-0.2, 0) is 0 Å². The average molecular weight is 284 g/mol. The molecule has 0 bridgehead atoms. The molecule has 1 nitrogen and oxygen atoms in total. The van der Waals surface area contributed by atoms with Gasteiger partial charge in [0.05, 0.1) is 5.76 Å². The number of fused-ring (bicyclic) bond motifs is 5. The minimum absolute atomic E-state index is 0.198. The topological polar surface area (TPSA) is 20.2 Å². The SMILES string of the molecule is CC1=C2C=C(O)CC[C@]2(C)C2=CC[C@]3(C)CCC[C@H]3[C@@H]2C1. The van der Waals surface area contributed by atoms with E-state index in [9.17, 15) is 5.11 Å². The third kappa shape index (κ3) is 1.76. The fourth-order valence-corrected chi connectivity index (χ4v) is 6.04. The molecule has 0 aromatic rings. The smallest absolute Gasteiger partial charge is 0.0926 e. The molecule has 4 aliphatic carbocycles. The molecule has 0 radical (unpaired) electrons. The van der Waals surface area contributed by atoms with Gasteiger partial charge in [-0.1, -0.05) is 37.5 Å². The number of aliphatic hydroxyl groups excluding tert-OH is 1. The summed E-state index contributed by atoms with van der Waals surface area (Å²) in [6, 6.07) is 0. The van der Waals surface area contributed by atoms with Gasteiger partial charge in [0.15, 0.2) is 0 Å². The van der Waals surface area contributed by atoms with Crippen LogP contribution < -0.4 is 0 Å². The number of hydrogen-bond acceptors (Lipinski definition) is 1. The van der Waals surface area contributed by atoms with Gasteiger partial charge in [-0.25, -0.2) is 0 Å². The van der Waals surface area contributed by atoms with Crippen LogP contribution in [0.15, 0.2) is 34.6 Å². The third-order valence-electron chi connectivity index (χ3n) is 7.24. The molecule has 0 saturated heterocycles. The van der Waals surface area contributed by atoms with Crippen LogP contribution in [0, 0.1) is 22.7 Å². The molecule has 4 atom stereocenters. The number of allylic oxidation sites excluding steroid dienone is 6. The molecule has 0 amide bonds. The molecular weight excluding hydrogens is 256 g/mol. The first-order valence-corrected chi connectivity index (χ1v) is 8.74. The van der Waals surface area contributed by atoms with Gasteiger partial charge in [0.2, 0.25) is 0 Å². The quantitative estimate of drug-likeness (QED) is 0.566. The summed E-state index contributed by atoms with van der Waals surface area (Å²) in [5.74, 6) is 2.25. The van der Waals surface area contributed by atoms with Crippen LogP contribution in [0.25, 0.3) is 0 Å². The lowest BCUT2D eigenvalue weighted by Gasteiger charge is -2.52. The Morgan fingerprint density at radius 2 is 2.05 bits per heavy atom. The summed E-state index contributed by atoms with van der Waals surface area (Å²) < 4.78 is 0. The van der Waals surface area contributed by atoms with Crippen molar-refractivity contribution in [1.29, 1.82) is 0 Å². The number of hydrogen-bond donors (Lipinski definition) is 1. The van der Waals surface area contributed by atoms with E-state index in [1.54, 1.807) is 5.57 Å². The Morgan fingerprint density at radius 3 is 2.86 bits per heavy atom. The van der Waals surface area contributed by atoms with Gasteiger partial charge in [-0.15, -0.1) is 0 Å². The van der Waals surface area contributed by atoms with Crippen molar-refractivity contribution < 1.29 is 5.11 Å². The fourth-order valence-electron chi connectivity index (χ4n) is 6.04. The van der Waals surface area contributed by atoms with Gasteiger partial charge in [0.1, 0.15) is 0 Å². The Hall–Kier alpha value is -0.980. The van der Waals surface area contributed by atoms with Crippen LogP contribution in [0.3, 0.4) is 0 Å². The van der Waals surface area contributed by atoms with Crippen LogP contribution in [-0.4, -0.2) is 5.11 Å². The lowest BCUT2D eigenvalue weighted by atomic mass is 9.52. The molecule has 114 valence electrons. The monoisotopic (exact) mass is 284 g/mol. The lowest BCUT2D eigenvalue weighted by molar-refractivity contribution is 0.133. The Kier molecular flexibility index (Phi) is 2.78. The van der Waals surface area contributed by atoms with E-state index in [1.165, 1.54) is 43.3 Å². The maximum atomic E-state index is 9.98. The molecule has 1 N–H and O–H groups in total. The molecule has 0 aromatic heterocycles. The lowest BCUT2D eigenvalue weighted by Crippen LogP contribution is -2.42. The van der Waals surface area contributed by atoms with E-state index >= 15 is 0 Å². The first-order chi connectivity index (χ1) is 9.94. The molecule has 21 heavy (non-hydrogen) atoms. The van der Waals surface area contributed by atoms with Crippen LogP contribution >= 0.6 is 0 Å². The van der Waals surface area contributed by atoms with Gasteiger partial charge in [0.25, 0.3) is 0 Å². The van der Waals surface area contributed by atoms with Gasteiger partial charge >= 0.3 is 0 Å². The zero-order valence-corrected chi connectivity index (χ0v) is 13.7. The minimum Gasteiger partial charge on any atom is -0.512 e. The molecule has 0 spiro atoms. The highest BCUT2D eigenvalue weighted by Crippen LogP contribution is 2.63. The molecule has 0 unspecified atom stereocenters. The highest BCUT2D eigenvalue weighted by atomic mass is 16.3. The summed E-state index contributed by atoms with van der Waals surface area (Å²) >= 11 is 0. The standard InChI is InChI=1S/C20H28O/c1-13-11-15-16-5-4-8-19(16,2)9-7-17(15)20(3)10-6-14(21)12-18(13)20/h7,12,15-16,21H,4-6,8-11H2,1-3H3/t15-,16-,19-,20+/m0/s1. The highest BCUT2D eigenvalue weighted by molar-refractivity contribution is 5.47. The summed E-state index contributed by atoms with van der Waals surface area (Å²) in [6.07, 6.45) is 13.4. The van der Waals surface area contributed by atoms with Gasteiger partial charge in [0, 0.05) is 11.8 Å². The van der Waals surface area contributed by atoms with Crippen molar-refractivity contribution in [2.24, 2.45) is 22.7 Å². The van der Waals surface area contributed by atoms with Crippen molar-refractivity contribution in [3.05, 3.63) is 34.6 Å². The van der Waals surface area contributed by atoms with Gasteiger partial charge in [-0.2, -0.15) is 0 Å². The van der Waals surface area contributed by atoms with Crippen LogP contribution in [0.1, 0.15) is 65.7 Å². The Labute approximate surface area is 128 Å². The van der Waals surface area contributed by atoms with E-state index in [0.717, 1.165) is 24.7 Å². The van der Waals surface area contributed by atoms with Gasteiger partial charge < -0.3 is 5.11 Å². The maximum Gasteiger partial charge on any atom is 0.0926 e. The molecule has 4 aliphatic rings. The summed E-state index contributed by atoms with van der Waals surface area (Å²) in [6.45, 7) is 7.27. The van der Waals surface area contributed by atoms with Crippen LogP contribution in [0.4, 0.5) is 0 Å². The van der Waals surface area contributed by atoms with Crippen molar-refractivity contribution >= 4 is 0 Å². The second kappa shape index (κ2) is 4.27. The van der Waals surface area contributed by atoms with Gasteiger partial charge in [-0.05, 0) is 67.9 Å².